The molecule has 0 aliphatic carbocycles. The Morgan fingerprint density at radius 3 is 2.55 bits per heavy atom. The first-order chi connectivity index (χ1) is 15.5. The van der Waals surface area contributed by atoms with E-state index in [0.29, 0.717) is 28.1 Å². The molecule has 0 radical (unpaired) electrons. The van der Waals surface area contributed by atoms with E-state index in [-0.39, 0.29) is 22.6 Å². The van der Waals surface area contributed by atoms with Crippen LogP contribution >= 0.6 is 23.2 Å². The van der Waals surface area contributed by atoms with Crippen LogP contribution in [-0.2, 0) is 10.0 Å². The Labute approximate surface area is 201 Å². The van der Waals surface area contributed by atoms with E-state index in [1.165, 1.54) is 12.3 Å². The molecule has 0 unspecified atom stereocenters. The average Bonchev–Trinajstić information content (AvgIpc) is 2.73. The lowest BCUT2D eigenvalue weighted by atomic mass is 9.99. The zero-order valence-electron chi connectivity index (χ0n) is 18.0. The maximum atomic E-state index is 14.6. The molecule has 1 amide bonds. The van der Waals surface area contributed by atoms with Gasteiger partial charge in [0.15, 0.2) is 0 Å². The first-order valence-corrected chi connectivity index (χ1v) is 12.5. The summed E-state index contributed by atoms with van der Waals surface area (Å²) in [4.78, 5) is 16.4. The molecule has 174 valence electrons. The molecule has 2 aromatic carbocycles. The van der Waals surface area contributed by atoms with E-state index in [2.05, 4.69) is 4.98 Å². The normalized spacial score (nSPS) is 12.3. The predicted molar refractivity (Wildman–Crippen MR) is 127 cm³/mol. The van der Waals surface area contributed by atoms with Gasteiger partial charge in [-0.25, -0.2) is 22.5 Å². The van der Waals surface area contributed by atoms with Gasteiger partial charge in [-0.05, 0) is 60.4 Å². The zero-order valence-corrected chi connectivity index (χ0v) is 20.4. The summed E-state index contributed by atoms with van der Waals surface area (Å²) in [5, 5.41) is 0.821. The van der Waals surface area contributed by atoms with E-state index >= 15 is 0 Å². The predicted octanol–water partition coefficient (Wildman–Crippen LogP) is 5.72. The van der Waals surface area contributed by atoms with Gasteiger partial charge in [0.05, 0.1) is 11.8 Å². The minimum atomic E-state index is -3.82. The molecule has 0 bridgehead atoms. The monoisotopic (exact) mass is 510 g/mol. The molecule has 0 aliphatic rings. The Hall–Kier alpha value is -2.68. The molecule has 0 saturated heterocycles. The van der Waals surface area contributed by atoms with Crippen molar-refractivity contribution in [2.24, 2.45) is 0 Å². The third-order valence-corrected chi connectivity index (χ3v) is 5.86. The van der Waals surface area contributed by atoms with Gasteiger partial charge in [-0.3, -0.25) is 4.79 Å². The van der Waals surface area contributed by atoms with Gasteiger partial charge in [-0.15, -0.1) is 0 Å². The Morgan fingerprint density at radius 1 is 1.21 bits per heavy atom. The number of hydrogen-bond acceptors (Lipinski definition) is 5. The van der Waals surface area contributed by atoms with Crippen molar-refractivity contribution in [2.75, 3.05) is 6.26 Å². The van der Waals surface area contributed by atoms with Gasteiger partial charge in [0.2, 0.25) is 15.9 Å². The summed E-state index contributed by atoms with van der Waals surface area (Å²) in [6.07, 6.45) is 2.65. The molecule has 3 rings (SSSR count). The molecule has 3 aromatic rings. The molecular weight excluding hydrogens is 490 g/mol. The maximum absolute atomic E-state index is 14.6. The van der Waals surface area contributed by atoms with Crippen molar-refractivity contribution in [3.8, 4) is 17.0 Å². The largest absolute Gasteiger partial charge is 0.468 e. The number of rotatable bonds is 7. The highest BCUT2D eigenvalue weighted by Crippen LogP contribution is 2.34. The average molecular weight is 511 g/mol. The van der Waals surface area contributed by atoms with Gasteiger partial charge >= 0.3 is 0 Å². The number of aromatic nitrogens is 1. The molecular formula is C23H21Cl2FN2O4S. The summed E-state index contributed by atoms with van der Waals surface area (Å²) < 4.78 is 44.9. The van der Waals surface area contributed by atoms with Gasteiger partial charge in [-0.1, -0.05) is 42.3 Å². The second-order valence-electron chi connectivity index (χ2n) is 7.43. The van der Waals surface area contributed by atoms with Crippen molar-refractivity contribution in [3.05, 3.63) is 81.2 Å². The molecule has 0 spiro atoms. The molecule has 1 N–H and O–H groups in total. The molecule has 10 heteroatoms. The topological polar surface area (TPSA) is 85.4 Å². The van der Waals surface area contributed by atoms with E-state index in [1.807, 2.05) is 25.1 Å². The van der Waals surface area contributed by atoms with Crippen molar-refractivity contribution in [3.63, 3.8) is 0 Å². The number of carbonyl (C=O) groups is 1. The van der Waals surface area contributed by atoms with Crippen LogP contribution in [0.5, 0.6) is 5.88 Å². The van der Waals surface area contributed by atoms with Crippen LogP contribution in [0.3, 0.4) is 0 Å². The molecule has 6 nitrogen and oxygen atoms in total. The molecule has 0 fully saturated rings. The van der Waals surface area contributed by atoms with Crippen LogP contribution in [0.1, 0.15) is 40.9 Å². The van der Waals surface area contributed by atoms with Crippen LogP contribution in [0.15, 0.2) is 48.7 Å². The number of nitrogens with one attached hydrogen (secondary N) is 1. The van der Waals surface area contributed by atoms with Gasteiger partial charge < -0.3 is 4.74 Å². The summed E-state index contributed by atoms with van der Waals surface area (Å²) >= 11 is 12.5. The first-order valence-electron chi connectivity index (χ1n) is 9.88. The highest BCUT2D eigenvalue weighted by atomic mass is 35.5. The Morgan fingerprint density at radius 2 is 1.94 bits per heavy atom. The number of nitrogens with zero attached hydrogens (tertiary/aromatic N) is 1. The fraction of sp³-hybridized carbons (Fsp3) is 0.217. The van der Waals surface area contributed by atoms with Gasteiger partial charge in [0, 0.05) is 16.8 Å². The van der Waals surface area contributed by atoms with E-state index < -0.39 is 21.7 Å². The van der Waals surface area contributed by atoms with Gasteiger partial charge in [0.1, 0.15) is 16.9 Å². The standard InChI is InChI=1S/C23H21Cl2FN2O4S/c1-4-21(14-6-5-7-16(24)9-14)32-23-19(25)10-15(12-27-23)17-11-20(26)18(8-13(17)2)22(29)28-33(3,30)31/h5-12,21H,4H2,1-3H3,(H,28,29)/t21-/m0/s1. The Balaban J connectivity index is 1.89. The molecule has 1 atom stereocenters. The number of pyridine rings is 1. The van der Waals surface area contributed by atoms with Crippen molar-refractivity contribution >= 4 is 39.1 Å². The first kappa shape index (κ1) is 25.0. The number of hydrogen-bond donors (Lipinski definition) is 1. The summed E-state index contributed by atoms with van der Waals surface area (Å²) in [5.74, 6) is -1.70. The fourth-order valence-corrected chi connectivity index (χ4v) is 4.13. The van der Waals surface area contributed by atoms with E-state index in [9.17, 15) is 17.6 Å². The fourth-order valence-electron chi connectivity index (χ4n) is 3.28. The van der Waals surface area contributed by atoms with E-state index in [4.69, 9.17) is 27.9 Å². The third-order valence-electron chi connectivity index (χ3n) is 4.80. The second-order valence-corrected chi connectivity index (χ2v) is 10.0. The van der Waals surface area contributed by atoms with Crippen molar-refractivity contribution in [1.82, 2.24) is 9.71 Å². The van der Waals surface area contributed by atoms with Crippen LogP contribution in [0, 0.1) is 12.7 Å². The third kappa shape index (κ3) is 6.22. The smallest absolute Gasteiger partial charge is 0.267 e. The lowest BCUT2D eigenvalue weighted by molar-refractivity contribution is 0.0977. The molecule has 33 heavy (non-hydrogen) atoms. The highest BCUT2D eigenvalue weighted by Gasteiger charge is 2.20. The lowest BCUT2D eigenvalue weighted by Crippen LogP contribution is -2.30. The van der Waals surface area contributed by atoms with Crippen LogP contribution in [-0.4, -0.2) is 25.6 Å². The number of amides is 1. The quantitative estimate of drug-likeness (QED) is 0.439. The van der Waals surface area contributed by atoms with Crippen molar-refractivity contribution < 1.29 is 22.3 Å². The molecule has 1 heterocycles. The highest BCUT2D eigenvalue weighted by molar-refractivity contribution is 7.89. The summed E-state index contributed by atoms with van der Waals surface area (Å²) in [6, 6.07) is 11.3. The number of halogens is 3. The minimum Gasteiger partial charge on any atom is -0.468 e. The van der Waals surface area contributed by atoms with Crippen LogP contribution in [0.4, 0.5) is 4.39 Å². The molecule has 1 aromatic heterocycles. The summed E-state index contributed by atoms with van der Waals surface area (Å²) in [7, 11) is -3.82. The lowest BCUT2D eigenvalue weighted by Gasteiger charge is -2.19. The van der Waals surface area contributed by atoms with Crippen LogP contribution in [0.2, 0.25) is 10.0 Å². The van der Waals surface area contributed by atoms with Crippen LogP contribution in [0.25, 0.3) is 11.1 Å². The molecule has 0 aliphatic heterocycles. The summed E-state index contributed by atoms with van der Waals surface area (Å²) in [5.41, 5.74) is 1.99. The van der Waals surface area contributed by atoms with Gasteiger partial charge in [-0.2, -0.15) is 0 Å². The van der Waals surface area contributed by atoms with E-state index in [0.717, 1.165) is 17.9 Å². The zero-order chi connectivity index (χ0) is 24.3. The number of carbonyl (C=O) groups excluding carboxylic acids is 1. The second kappa shape index (κ2) is 10.1. The maximum Gasteiger partial charge on any atom is 0.267 e. The number of ether oxygens (including phenoxy) is 1. The van der Waals surface area contributed by atoms with E-state index in [1.54, 1.807) is 23.8 Å². The SMILES string of the molecule is CC[C@H](Oc1ncc(-c2cc(F)c(C(=O)NS(C)(=O)=O)cc2C)cc1Cl)c1cccc(Cl)c1. The molecule has 0 saturated carbocycles. The Kier molecular flexibility index (Phi) is 7.62. The Bertz CT molecular complexity index is 1320. The van der Waals surface area contributed by atoms with Crippen LogP contribution < -0.4 is 9.46 Å². The number of benzene rings is 2. The minimum absolute atomic E-state index is 0.217. The van der Waals surface area contributed by atoms with Crippen molar-refractivity contribution in [1.29, 1.82) is 0 Å². The summed E-state index contributed by atoms with van der Waals surface area (Å²) in [6.45, 7) is 3.62. The van der Waals surface area contributed by atoms with Gasteiger partial charge in [0.25, 0.3) is 5.91 Å². The number of aryl methyl sites for hydroxylation is 1. The number of sulfonamides is 1. The van der Waals surface area contributed by atoms with Crippen molar-refractivity contribution in [2.45, 2.75) is 26.4 Å².